The summed E-state index contributed by atoms with van der Waals surface area (Å²) in [6.45, 7) is 2.66. The second-order valence-corrected chi connectivity index (χ2v) is 57.7. The molecule has 0 unspecified atom stereocenters. The first kappa shape index (κ1) is 107. The van der Waals surface area contributed by atoms with Crippen molar-refractivity contribution in [1.29, 1.82) is 0 Å². The Hall–Kier alpha value is -2.02. The maximum Gasteiger partial charge on any atom is 0.306 e. The van der Waals surface area contributed by atoms with Gasteiger partial charge in [-0.2, -0.15) is 37.9 Å². The Morgan fingerprint density at radius 2 is 0.883 bits per heavy atom. The third kappa shape index (κ3) is 66.7. The predicted octanol–water partition coefficient (Wildman–Crippen LogP) is 7.70. The van der Waals surface area contributed by atoms with Crippen molar-refractivity contribution in [2.24, 2.45) is 15.5 Å². The summed E-state index contributed by atoms with van der Waals surface area (Å²) in [5.41, 5.74) is 4.61. The molecule has 103 heavy (non-hydrogen) atoms. The third-order valence-electron chi connectivity index (χ3n) is 9.57. The number of carbonyl (C=O) groups excluding carboxylic acids is 6. The van der Waals surface area contributed by atoms with Crippen molar-refractivity contribution in [3.05, 3.63) is 173 Å². The van der Waals surface area contributed by atoms with Crippen LogP contribution in [0, 0.1) is 6.92 Å². The Morgan fingerprint density at radius 3 is 1.18 bits per heavy atom. The van der Waals surface area contributed by atoms with E-state index in [0.717, 1.165) is 65.6 Å². The summed E-state index contributed by atoms with van der Waals surface area (Å²) in [6.07, 6.45) is 0.616. The number of thioether (sulfide) groups is 2. The number of rotatable bonds is 21. The van der Waals surface area contributed by atoms with Crippen LogP contribution in [0.2, 0.25) is 0 Å². The summed E-state index contributed by atoms with van der Waals surface area (Å²) in [4.78, 5) is 76.7. The monoisotopic (exact) mass is 2240 g/mol. The zero-order chi connectivity index (χ0) is 76.9. The number of hydrogen-bond acceptors (Lipinski definition) is 28. The second kappa shape index (κ2) is 76.7. The molecule has 0 atom stereocenters. The van der Waals surface area contributed by atoms with E-state index in [1.165, 1.54) is 45.9 Å². The summed E-state index contributed by atoms with van der Waals surface area (Å²) in [7, 11) is 17.3. The standard InChI is InChI=1S/C20H21NO7S2.C13H15NO5S.C10H12O2S.C7H8O.C3H4ClNO3.C3H6O2S.I3.HI.OS13/c1-15-8-10-17(11-9-15)30(24,25)28-21-19(20(23)26-2)29-13-12-18(22)27-14-16-6-4-3-5-7-16;1-18-13(16)12(14-17)20-8-7-11(15)19-9-10-5-3-2-4-6-10;11-10(6-7-13)12-8-9-4-2-1-3-5-9;8-6-7-4-2-1-3-5-7;1-8-3(6)2(4)5-7;4-3(5)1-2-6;1-3-2;;1-3-5-7-9-11-13-14-12-10-8-6-4-2/h3-11H,12-14H2,1-2H3;2-6,17H,7-9H2,1H3;1-5,13H,6-8H2;1-5,8H,6H2;7H,1H3;6H,1-2H2,(H,4,5);;1H;/q;;;;;;-1;;/b21-19-;14-12-;;;5-2-;;;;. The molecule has 0 saturated heterocycles. The molecule has 5 aromatic carbocycles. The van der Waals surface area contributed by atoms with Crippen LogP contribution in [-0.2, 0) is 222 Å². The van der Waals surface area contributed by atoms with Gasteiger partial charge in [0.15, 0.2) is 10.2 Å². The topological polar surface area (TPSA) is 353 Å². The minimum atomic E-state index is -4.19. The van der Waals surface area contributed by atoms with Crippen LogP contribution in [0.15, 0.2) is 166 Å². The van der Waals surface area contributed by atoms with E-state index in [-0.39, 0.29) is 101 Å². The number of thiol groups is 2. The maximum atomic E-state index is 12.2. The number of hydrogen-bond donors (Lipinski definition) is 6. The number of benzene rings is 5. The van der Waals surface area contributed by atoms with Crippen molar-refractivity contribution in [2.75, 3.05) is 44.3 Å². The number of oxime groups is 3. The number of esters is 6. The zero-order valence-corrected chi connectivity index (χ0v) is 78.2. The number of carboxylic acid groups (broad SMARTS) is 1. The third-order valence-corrected chi connectivity index (χ3v) is 36.2. The van der Waals surface area contributed by atoms with Gasteiger partial charge in [0.05, 0.1) is 53.6 Å². The molecule has 4 N–H and O–H groups in total. The number of nitrogens with zero attached hydrogens (tertiary/aromatic N) is 3. The first-order valence-electron chi connectivity index (χ1n) is 27.0. The van der Waals surface area contributed by atoms with Crippen LogP contribution in [-0.4, -0.2) is 135 Å². The molecule has 5 rings (SSSR count). The molecule has 0 radical (unpaired) electrons. The molecule has 24 nitrogen and oxygen atoms in total. The number of aliphatic carboxylic acids is 1. The van der Waals surface area contributed by atoms with E-state index in [4.69, 9.17) is 57.6 Å². The van der Waals surface area contributed by atoms with Gasteiger partial charge in [0.25, 0.3) is 5.17 Å². The normalized spacial score (nSPS) is 9.94. The molecule has 0 aromatic heterocycles. The van der Waals surface area contributed by atoms with E-state index in [2.05, 4.69) is 96.5 Å². The van der Waals surface area contributed by atoms with E-state index in [9.17, 15) is 46.2 Å². The van der Waals surface area contributed by atoms with E-state index < -0.39 is 45.1 Å². The zero-order valence-electron chi connectivity index (χ0n) is 53.8. The molecule has 0 aliphatic carbocycles. The SMILES string of the molecule is COC(=O)/C(=N/O)SCCC(=O)OCc1ccccc1.COC(=O)/C(=N/OS(=O)(=O)c1ccc(C)cc1)SCCC(=O)OCc1ccccc1.COC(=O)/C(Cl)=N/O.I.I[I-]I.O=C(CCS)OCc1ccccc1.O=C(O)CCS.O=S=S=S=S=S=S=S=S=S=S=S=S=S.OCc1ccccc1. The number of methoxy groups -OCH3 is 3. The molecular formula is C56H67ClI4N3O21S18-. The Kier molecular flexibility index (Phi) is 80.0. The predicted molar refractivity (Wildman–Crippen MR) is 467 cm³/mol. The second-order valence-electron chi connectivity index (χ2n) is 16.5. The molecule has 0 amide bonds. The molecule has 0 spiro atoms. The Bertz CT molecular complexity index is 3990. The molecule has 0 heterocycles. The molecule has 576 valence electrons. The van der Waals surface area contributed by atoms with Crippen LogP contribution < -0.4 is 13.3 Å². The maximum absolute atomic E-state index is 12.2. The summed E-state index contributed by atoms with van der Waals surface area (Å²) >= 11 is 24.3. The van der Waals surface area contributed by atoms with Gasteiger partial charge in [-0.25, -0.2) is 14.4 Å². The number of ether oxygens (including phenoxy) is 6. The number of carboxylic acids is 1. The Balaban J connectivity index is -0.000000587. The molecule has 0 bridgehead atoms. The van der Waals surface area contributed by atoms with Gasteiger partial charge in [-0.1, -0.05) is 190 Å². The molecule has 0 aliphatic rings. The Morgan fingerprint density at radius 1 is 0.534 bits per heavy atom. The minimum Gasteiger partial charge on any atom is -0.481 e. The largest absolute Gasteiger partial charge is 0.481 e. The van der Waals surface area contributed by atoms with E-state index in [0.29, 0.717) is 48.0 Å². The van der Waals surface area contributed by atoms with Crippen molar-refractivity contribution in [2.45, 2.75) is 63.9 Å². The van der Waals surface area contributed by atoms with Gasteiger partial charge in [-0.3, -0.25) is 23.5 Å². The van der Waals surface area contributed by atoms with Gasteiger partial charge < -0.3 is 49.0 Å². The van der Waals surface area contributed by atoms with Crippen LogP contribution >= 0.6 is 122 Å². The van der Waals surface area contributed by atoms with Crippen LogP contribution in [0.1, 0.15) is 53.5 Å². The molecule has 0 fully saturated rings. The van der Waals surface area contributed by atoms with E-state index in [1.54, 1.807) is 83.2 Å². The van der Waals surface area contributed by atoms with Crippen LogP contribution in [0.3, 0.4) is 0 Å². The van der Waals surface area contributed by atoms with Crippen molar-refractivity contribution in [1.82, 2.24) is 0 Å². The molecular weight excluding hydrogens is 2170 g/mol. The number of halogens is 5. The van der Waals surface area contributed by atoms with Crippen LogP contribution in [0.5, 0.6) is 0 Å². The number of carbonyl (C=O) groups is 7. The summed E-state index contributed by atoms with van der Waals surface area (Å²) in [5, 5.41) is 40.3. The number of aryl methyl sites for hydroxylation is 1. The van der Waals surface area contributed by atoms with Crippen molar-refractivity contribution >= 4 is 308 Å². The quantitative estimate of drug-likeness (QED) is 0.00598. The van der Waals surface area contributed by atoms with Crippen LogP contribution in [0.4, 0.5) is 0 Å². The first-order chi connectivity index (χ1) is 49.1. The fourth-order valence-electron chi connectivity index (χ4n) is 5.16. The summed E-state index contributed by atoms with van der Waals surface area (Å²) in [5.74, 6) is -2.96. The van der Waals surface area contributed by atoms with Gasteiger partial charge >= 0.3 is 102 Å². The van der Waals surface area contributed by atoms with E-state index >= 15 is 0 Å². The van der Waals surface area contributed by atoms with E-state index in [1.807, 2.05) is 128 Å². The summed E-state index contributed by atoms with van der Waals surface area (Å²) < 4.78 is 67.2. The molecule has 47 heteroatoms. The van der Waals surface area contributed by atoms with Gasteiger partial charge in [-0.05, 0) is 41.3 Å². The van der Waals surface area contributed by atoms with Gasteiger partial charge in [0, 0.05) is 132 Å². The number of aliphatic hydroxyl groups is 1. The Labute approximate surface area is 707 Å². The fraction of sp³-hybridized carbons (Fsp3) is 0.286. The fourth-order valence-corrected chi connectivity index (χ4v) is 33.5. The molecule has 0 saturated carbocycles. The van der Waals surface area contributed by atoms with Crippen molar-refractivity contribution in [3.63, 3.8) is 0 Å². The van der Waals surface area contributed by atoms with Crippen molar-refractivity contribution in [3.8, 4) is 0 Å². The minimum absolute atomic E-state index is 0. The average molecular weight is 2240 g/mol. The molecule has 5 aromatic rings. The number of aliphatic hydroxyl groups excluding tert-OH is 1. The van der Waals surface area contributed by atoms with Crippen molar-refractivity contribution < 1.29 is 113 Å². The van der Waals surface area contributed by atoms with Gasteiger partial charge in [0.1, 0.15) is 24.7 Å². The van der Waals surface area contributed by atoms with Crippen LogP contribution in [0.25, 0.3) is 0 Å². The van der Waals surface area contributed by atoms with Gasteiger partial charge in [-0.15, -0.1) is 24.0 Å². The first-order valence-corrected chi connectivity index (χ1v) is 61.0. The molecule has 0 aliphatic heterocycles. The smallest absolute Gasteiger partial charge is 0.306 e. The average Bonchev–Trinajstić information content (AvgIpc) is 1.01. The summed E-state index contributed by atoms with van der Waals surface area (Å²) in [6, 6.07) is 43.6. The van der Waals surface area contributed by atoms with Gasteiger partial charge in [0.2, 0.25) is 10.1 Å².